The summed E-state index contributed by atoms with van der Waals surface area (Å²) in [6.45, 7) is 0. The number of imidazole rings is 1. The van der Waals surface area contributed by atoms with E-state index in [2.05, 4.69) is 36.2 Å². The molecule has 1 amide bonds. The molecule has 1 fully saturated rings. The Bertz CT molecular complexity index is 2310. The molecule has 2 aromatic heterocycles. The molecule has 2 unspecified atom stereocenters. The van der Waals surface area contributed by atoms with Gasteiger partial charge in [-0.05, 0) is 58.7 Å². The van der Waals surface area contributed by atoms with Crippen LogP contribution in [0.15, 0.2) is 119 Å². The van der Waals surface area contributed by atoms with Crippen molar-refractivity contribution in [2.45, 2.75) is 42.8 Å². The van der Waals surface area contributed by atoms with Crippen LogP contribution in [0.4, 0.5) is 5.95 Å². The highest BCUT2D eigenvalue weighted by Crippen LogP contribution is 2.49. The molecule has 3 heterocycles. The van der Waals surface area contributed by atoms with Crippen LogP contribution in [-0.4, -0.2) is 68.0 Å². The molecule has 14 nitrogen and oxygen atoms in total. The maximum Gasteiger partial charge on any atom is 0.695 e. The predicted molar refractivity (Wildman–Crippen MR) is 206 cm³/mol. The highest BCUT2D eigenvalue weighted by Gasteiger charge is 2.55. The van der Waals surface area contributed by atoms with Gasteiger partial charge in [-0.1, -0.05) is 82.7 Å². The largest absolute Gasteiger partial charge is 0.695 e. The lowest BCUT2D eigenvalue weighted by Crippen LogP contribution is -2.51. The Morgan fingerprint density at radius 1 is 0.982 bits per heavy atom. The van der Waals surface area contributed by atoms with Crippen LogP contribution < -0.4 is 20.3 Å². The van der Waals surface area contributed by atoms with Crippen LogP contribution in [0.5, 0.6) is 11.5 Å². The van der Waals surface area contributed by atoms with Gasteiger partial charge in [-0.2, -0.15) is 4.98 Å². The monoisotopic (exact) mass is 828 g/mol. The van der Waals surface area contributed by atoms with E-state index < -0.39 is 49.7 Å². The Morgan fingerprint density at radius 3 is 2.16 bits per heavy atom. The van der Waals surface area contributed by atoms with E-state index >= 15 is 0 Å². The first-order valence-corrected chi connectivity index (χ1v) is 19.0. The molecule has 282 valence electrons. The average molecular weight is 830 g/mol. The molecular formula is C39H36BrN5O9P+. The third kappa shape index (κ3) is 7.67. The summed E-state index contributed by atoms with van der Waals surface area (Å²) in [5, 5.41) is 15.6. The van der Waals surface area contributed by atoms with Crippen molar-refractivity contribution in [2.75, 3.05) is 19.5 Å². The summed E-state index contributed by atoms with van der Waals surface area (Å²) in [7, 11) is -0.0268. The van der Waals surface area contributed by atoms with Crippen molar-refractivity contribution in [1.82, 2.24) is 19.5 Å². The van der Waals surface area contributed by atoms with Gasteiger partial charge in [-0.3, -0.25) is 24.5 Å². The predicted octanol–water partition coefficient (Wildman–Crippen LogP) is 5.80. The number of nitrogens with one attached hydrogen (secondary N) is 2. The number of rotatable bonds is 13. The van der Waals surface area contributed by atoms with Crippen molar-refractivity contribution in [3.8, 4) is 11.5 Å². The van der Waals surface area contributed by atoms with E-state index in [0.717, 1.165) is 10.0 Å². The van der Waals surface area contributed by atoms with Gasteiger partial charge in [0, 0.05) is 15.5 Å². The van der Waals surface area contributed by atoms with Gasteiger partial charge >= 0.3 is 8.25 Å². The van der Waals surface area contributed by atoms with Crippen LogP contribution in [0.1, 0.15) is 34.9 Å². The minimum atomic E-state index is -3.15. The maximum absolute atomic E-state index is 13.2. The molecule has 1 saturated heterocycles. The van der Waals surface area contributed by atoms with Gasteiger partial charge in [0.05, 0.1) is 32.4 Å². The fourth-order valence-electron chi connectivity index (χ4n) is 7.16. The number of aliphatic hydroxyl groups excluding tert-OH is 1. The SMILES string of the molecule is COc1ccc(C(c2ccccc2)(c2ccc(OC)cc2)C(O)[C@H]2O[C@@H](n3cnc4c(=O)[nH]c(NC(=O)Cc5ccc(Br)cc5)nc43)C[C@@H]2O[P+](=O)O)cc1. The normalized spacial score (nSPS) is 17.8. The number of aliphatic hydroxyl groups is 1. The van der Waals surface area contributed by atoms with Gasteiger partial charge < -0.3 is 19.3 Å². The van der Waals surface area contributed by atoms with Crippen molar-refractivity contribution in [3.63, 3.8) is 0 Å². The first-order valence-electron chi connectivity index (χ1n) is 17.1. The maximum atomic E-state index is 13.2. The number of aromatic nitrogens is 4. The minimum absolute atomic E-state index is 0.0284. The number of benzene rings is 4. The molecule has 4 N–H and O–H groups in total. The molecule has 1 aliphatic heterocycles. The van der Waals surface area contributed by atoms with Crippen LogP contribution >= 0.6 is 24.2 Å². The molecule has 16 heteroatoms. The number of fused-ring (bicyclic) bond motifs is 1. The van der Waals surface area contributed by atoms with Crippen molar-refractivity contribution in [1.29, 1.82) is 0 Å². The Labute approximate surface area is 324 Å². The Kier molecular flexibility index (Phi) is 11.2. The van der Waals surface area contributed by atoms with Crippen LogP contribution in [0.25, 0.3) is 11.2 Å². The molecule has 0 bridgehead atoms. The quantitative estimate of drug-likeness (QED) is 0.0815. The van der Waals surface area contributed by atoms with Crippen LogP contribution in [0.2, 0.25) is 0 Å². The fourth-order valence-corrected chi connectivity index (χ4v) is 7.86. The molecule has 6 aromatic rings. The van der Waals surface area contributed by atoms with E-state index in [0.29, 0.717) is 28.2 Å². The van der Waals surface area contributed by atoms with Gasteiger partial charge in [0.25, 0.3) is 5.56 Å². The number of ether oxygens (including phenoxy) is 3. The topological polar surface area (TPSA) is 187 Å². The first-order chi connectivity index (χ1) is 26.6. The summed E-state index contributed by atoms with van der Waals surface area (Å²) < 4.78 is 37.8. The second-order valence-electron chi connectivity index (χ2n) is 12.8. The molecule has 5 atom stereocenters. The third-order valence-electron chi connectivity index (χ3n) is 9.69. The van der Waals surface area contributed by atoms with E-state index in [1.165, 1.54) is 10.9 Å². The second kappa shape index (κ2) is 16.2. The lowest BCUT2D eigenvalue weighted by Gasteiger charge is -2.42. The first kappa shape index (κ1) is 38.0. The van der Waals surface area contributed by atoms with Crippen molar-refractivity contribution in [2.24, 2.45) is 0 Å². The molecular weight excluding hydrogens is 793 g/mol. The number of methoxy groups -OCH3 is 2. The van der Waals surface area contributed by atoms with Gasteiger partial charge in [0.2, 0.25) is 11.9 Å². The Morgan fingerprint density at radius 2 is 1.58 bits per heavy atom. The standard InChI is InChI=1S/C39H35BrN5O9P/c1-51-28-16-10-25(11-17-28)39(24-6-4-3-5-7-24,26-12-18-29(52-2)19-13-26)35(47)34-30(54-55(49)50)21-32(53-34)45-22-41-33-36(45)43-38(44-37(33)48)42-31(46)20-23-8-14-27(40)15-9-23/h3-19,22,30,32,34-35,47H,20-21H2,1-2H3,(H2-,42,43,44,46,48,49,50)/p+1/t30-,32+,34-,35?/m0/s1. The third-order valence-corrected chi connectivity index (χ3v) is 10.7. The summed E-state index contributed by atoms with van der Waals surface area (Å²) in [6.07, 6.45) is -3.45. The van der Waals surface area contributed by atoms with Gasteiger partial charge in [-0.15, -0.1) is 9.42 Å². The molecule has 4 aromatic carbocycles. The fraction of sp³-hybridized carbons (Fsp3) is 0.231. The highest BCUT2D eigenvalue weighted by atomic mass is 79.9. The molecule has 0 aliphatic carbocycles. The van der Waals surface area contributed by atoms with Crippen molar-refractivity contribution >= 4 is 47.2 Å². The van der Waals surface area contributed by atoms with E-state index in [-0.39, 0.29) is 30.0 Å². The zero-order chi connectivity index (χ0) is 38.7. The van der Waals surface area contributed by atoms with E-state index in [9.17, 15) is 24.2 Å². The highest BCUT2D eigenvalue weighted by molar-refractivity contribution is 9.10. The lowest BCUT2D eigenvalue weighted by atomic mass is 9.64. The zero-order valence-electron chi connectivity index (χ0n) is 29.5. The van der Waals surface area contributed by atoms with Crippen LogP contribution in [-0.2, 0) is 30.5 Å². The summed E-state index contributed by atoms with van der Waals surface area (Å²) in [5.41, 5.74) is 0.881. The molecule has 0 spiro atoms. The number of hydrogen-bond acceptors (Lipinski definition) is 10. The lowest BCUT2D eigenvalue weighted by molar-refractivity contribution is -0.115. The number of halogens is 1. The van der Waals surface area contributed by atoms with Crippen molar-refractivity contribution in [3.05, 3.63) is 147 Å². The number of H-pyrrole nitrogens is 1. The number of carbonyl (C=O) groups excluding carboxylic acids is 1. The van der Waals surface area contributed by atoms with Crippen molar-refractivity contribution < 1.29 is 38.1 Å². The minimum Gasteiger partial charge on any atom is -0.497 e. The summed E-state index contributed by atoms with van der Waals surface area (Å²) >= 11 is 3.38. The summed E-state index contributed by atoms with van der Waals surface area (Å²) in [6, 6.07) is 31.1. The number of anilines is 1. The Balaban J connectivity index is 1.29. The van der Waals surface area contributed by atoms with Crippen LogP contribution in [0.3, 0.4) is 0 Å². The molecule has 1 aliphatic rings. The molecule has 55 heavy (non-hydrogen) atoms. The second-order valence-corrected chi connectivity index (χ2v) is 14.4. The van der Waals surface area contributed by atoms with E-state index in [1.54, 1.807) is 50.6 Å². The smallest absolute Gasteiger partial charge is 0.497 e. The number of aromatic amines is 1. The number of amides is 1. The van der Waals surface area contributed by atoms with E-state index in [1.807, 2.05) is 66.7 Å². The molecule has 7 rings (SSSR count). The molecule has 0 radical (unpaired) electrons. The average Bonchev–Trinajstić information content (AvgIpc) is 3.81. The molecule has 0 saturated carbocycles. The number of hydrogen-bond donors (Lipinski definition) is 4. The van der Waals surface area contributed by atoms with Crippen LogP contribution in [0, 0.1) is 0 Å². The summed E-state index contributed by atoms with van der Waals surface area (Å²) in [5.74, 6) is 0.683. The van der Waals surface area contributed by atoms with E-state index in [4.69, 9.17) is 18.7 Å². The van der Waals surface area contributed by atoms with Gasteiger partial charge in [0.15, 0.2) is 11.2 Å². The van der Waals surface area contributed by atoms with Gasteiger partial charge in [-0.25, -0.2) is 4.98 Å². The summed E-state index contributed by atoms with van der Waals surface area (Å²) in [4.78, 5) is 47.5. The Hall–Kier alpha value is -5.28. The number of carbonyl (C=O) groups is 1. The zero-order valence-corrected chi connectivity index (χ0v) is 32.0. The van der Waals surface area contributed by atoms with Gasteiger partial charge in [0.1, 0.15) is 36.0 Å². The number of nitrogens with zero attached hydrogens (tertiary/aromatic N) is 3.